The lowest BCUT2D eigenvalue weighted by atomic mass is 10.0. The predicted molar refractivity (Wildman–Crippen MR) is 129 cm³/mol. The molecule has 0 spiro atoms. The van der Waals surface area contributed by atoms with Crippen molar-refractivity contribution in [1.82, 2.24) is 20.4 Å². The zero-order chi connectivity index (χ0) is 23.8. The van der Waals surface area contributed by atoms with Crippen LogP contribution in [0.5, 0.6) is 5.75 Å². The molecule has 174 valence electrons. The molecule has 0 fully saturated rings. The van der Waals surface area contributed by atoms with Crippen LogP contribution in [0.25, 0.3) is 5.57 Å². The second-order valence-electron chi connectivity index (χ2n) is 6.79. The maximum Gasteiger partial charge on any atom is 0.201 e. The molecule has 0 amide bonds. The molecular formula is C23H34N6O3. The van der Waals surface area contributed by atoms with Gasteiger partial charge in [0.05, 0.1) is 25.5 Å². The molecule has 0 aliphatic heterocycles. The minimum absolute atomic E-state index is 0.225. The molecule has 1 rings (SSSR count). The van der Waals surface area contributed by atoms with Crippen molar-refractivity contribution in [2.75, 3.05) is 41.0 Å². The van der Waals surface area contributed by atoms with Crippen LogP contribution in [0.1, 0.15) is 32.5 Å². The molecule has 9 heteroatoms. The van der Waals surface area contributed by atoms with Gasteiger partial charge in [0.25, 0.3) is 0 Å². The van der Waals surface area contributed by atoms with E-state index in [0.29, 0.717) is 43.5 Å². The number of methoxy groups -OCH3 is 1. The normalized spacial score (nSPS) is 12.7. The summed E-state index contributed by atoms with van der Waals surface area (Å²) < 4.78 is 10.5. The number of nitrogens with one attached hydrogen (secondary N) is 1. The molecule has 1 heterocycles. The van der Waals surface area contributed by atoms with E-state index in [4.69, 9.17) is 9.47 Å². The van der Waals surface area contributed by atoms with Gasteiger partial charge in [0.15, 0.2) is 11.6 Å². The minimum Gasteiger partial charge on any atom is -0.488 e. The summed E-state index contributed by atoms with van der Waals surface area (Å²) in [5, 5.41) is 10.0. The second-order valence-corrected chi connectivity index (χ2v) is 6.79. The number of hydrazone groups is 2. The number of hydrogen-bond donors (Lipinski definition) is 1. The highest BCUT2D eigenvalue weighted by Gasteiger charge is 2.12. The van der Waals surface area contributed by atoms with E-state index >= 15 is 0 Å². The van der Waals surface area contributed by atoms with Crippen LogP contribution in [0.15, 0.2) is 53.0 Å². The first kappa shape index (κ1) is 26.7. The lowest BCUT2D eigenvalue weighted by Gasteiger charge is -2.09. The zero-order valence-corrected chi connectivity index (χ0v) is 19.7. The van der Waals surface area contributed by atoms with Crippen LogP contribution < -0.4 is 10.2 Å². The van der Waals surface area contributed by atoms with Crippen LogP contribution in [0, 0.1) is 0 Å². The van der Waals surface area contributed by atoms with Crippen LogP contribution in [-0.2, 0) is 9.53 Å². The number of ketones is 1. The number of rotatable bonds is 15. The molecule has 0 aromatic carbocycles. The Bertz CT molecular complexity index is 842. The van der Waals surface area contributed by atoms with E-state index in [1.54, 1.807) is 30.7 Å². The van der Waals surface area contributed by atoms with Crippen molar-refractivity contribution in [2.45, 2.75) is 26.7 Å². The minimum atomic E-state index is -0.225. The van der Waals surface area contributed by atoms with E-state index in [1.807, 2.05) is 40.1 Å². The SMILES string of the molecule is C=CC(=O)/C(C/C(=C/C(=C\C)c1ncc(OCCOC)cn1)CC)=N\NC/C=N\N(C)C. The topological polar surface area (TPSA) is 101 Å². The molecule has 0 bridgehead atoms. The van der Waals surface area contributed by atoms with Crippen molar-refractivity contribution in [2.24, 2.45) is 10.2 Å². The fraction of sp³-hybridized carbons (Fsp3) is 0.435. The van der Waals surface area contributed by atoms with Crippen molar-refractivity contribution in [1.29, 1.82) is 0 Å². The summed E-state index contributed by atoms with van der Waals surface area (Å²) in [5.74, 6) is 0.928. The summed E-state index contributed by atoms with van der Waals surface area (Å²) >= 11 is 0. The zero-order valence-electron chi connectivity index (χ0n) is 19.7. The lowest BCUT2D eigenvalue weighted by molar-refractivity contribution is -0.109. The third-order valence-corrected chi connectivity index (χ3v) is 4.14. The molecule has 1 aromatic heterocycles. The molecule has 0 unspecified atom stereocenters. The Labute approximate surface area is 190 Å². The van der Waals surface area contributed by atoms with Gasteiger partial charge in [-0.3, -0.25) is 4.79 Å². The van der Waals surface area contributed by atoms with E-state index < -0.39 is 0 Å². The van der Waals surface area contributed by atoms with Gasteiger partial charge in [-0.25, -0.2) is 9.97 Å². The van der Waals surface area contributed by atoms with Gasteiger partial charge >= 0.3 is 0 Å². The number of aromatic nitrogens is 2. The van der Waals surface area contributed by atoms with Crippen molar-refractivity contribution < 1.29 is 14.3 Å². The first-order valence-corrected chi connectivity index (χ1v) is 10.4. The van der Waals surface area contributed by atoms with Crippen LogP contribution in [-0.4, -0.2) is 73.7 Å². The Morgan fingerprint density at radius 2 is 2.00 bits per heavy atom. The smallest absolute Gasteiger partial charge is 0.201 e. The lowest BCUT2D eigenvalue weighted by Crippen LogP contribution is -2.19. The summed E-state index contributed by atoms with van der Waals surface area (Å²) in [6.07, 6.45) is 11.2. The van der Waals surface area contributed by atoms with E-state index in [9.17, 15) is 4.79 Å². The first-order valence-electron chi connectivity index (χ1n) is 10.4. The summed E-state index contributed by atoms with van der Waals surface area (Å²) in [5.41, 5.74) is 5.11. The molecule has 0 radical (unpaired) electrons. The largest absolute Gasteiger partial charge is 0.488 e. The van der Waals surface area contributed by atoms with Crippen LogP contribution in [0.4, 0.5) is 0 Å². The molecule has 0 saturated carbocycles. The van der Waals surface area contributed by atoms with E-state index in [1.165, 1.54) is 6.08 Å². The summed E-state index contributed by atoms with van der Waals surface area (Å²) in [6.45, 7) is 8.86. The molecule has 0 aliphatic rings. The van der Waals surface area contributed by atoms with Gasteiger partial charge in [0, 0.05) is 39.4 Å². The van der Waals surface area contributed by atoms with Gasteiger partial charge in [-0.05, 0) is 19.4 Å². The third-order valence-electron chi connectivity index (χ3n) is 4.14. The molecule has 1 N–H and O–H groups in total. The standard InChI is InChI=1S/C23H34N6O3/c1-7-18(15-21(22(30)9-3)28-26-10-11-27-29(4)5)14-19(8-2)23-24-16-20(17-25-23)32-13-12-31-6/h8-9,11,14,16-17,26H,3,7,10,12-13,15H2,1-2,4-6H3/b18-14+,19-8+,27-11-,28-21-. The highest BCUT2D eigenvalue weighted by molar-refractivity contribution is 6.44. The van der Waals surface area contributed by atoms with E-state index in [2.05, 4.69) is 32.2 Å². The summed E-state index contributed by atoms with van der Waals surface area (Å²) in [7, 11) is 5.28. The molecular weight excluding hydrogens is 408 g/mol. The fourth-order valence-corrected chi connectivity index (χ4v) is 2.46. The van der Waals surface area contributed by atoms with Crippen LogP contribution in [0.2, 0.25) is 0 Å². The number of carbonyl (C=O) groups is 1. The van der Waals surface area contributed by atoms with Crippen molar-refractivity contribution >= 4 is 23.3 Å². The van der Waals surface area contributed by atoms with Gasteiger partial charge in [0.1, 0.15) is 12.3 Å². The second kappa shape index (κ2) is 15.5. The highest BCUT2D eigenvalue weighted by atomic mass is 16.5. The number of hydrogen-bond acceptors (Lipinski definition) is 9. The average Bonchev–Trinajstić information content (AvgIpc) is 2.80. The number of carbonyl (C=O) groups excluding carboxylic acids is 1. The highest BCUT2D eigenvalue weighted by Crippen LogP contribution is 2.19. The number of allylic oxidation sites excluding steroid dienone is 5. The Balaban J connectivity index is 2.95. The van der Waals surface area contributed by atoms with E-state index in [0.717, 1.165) is 17.6 Å². The van der Waals surface area contributed by atoms with Crippen LogP contribution >= 0.6 is 0 Å². The molecule has 9 nitrogen and oxygen atoms in total. The first-order chi connectivity index (χ1) is 15.4. The Hall–Kier alpha value is -3.33. The quantitative estimate of drug-likeness (QED) is 0.146. The Morgan fingerprint density at radius 3 is 2.56 bits per heavy atom. The number of ether oxygens (including phenoxy) is 2. The van der Waals surface area contributed by atoms with Gasteiger partial charge in [-0.1, -0.05) is 31.2 Å². The van der Waals surface area contributed by atoms with Gasteiger partial charge in [0.2, 0.25) is 5.78 Å². The van der Waals surface area contributed by atoms with Crippen LogP contribution in [0.3, 0.4) is 0 Å². The fourth-order valence-electron chi connectivity index (χ4n) is 2.46. The van der Waals surface area contributed by atoms with Crippen molar-refractivity contribution in [3.8, 4) is 5.75 Å². The maximum atomic E-state index is 12.3. The molecule has 0 aliphatic carbocycles. The maximum absolute atomic E-state index is 12.3. The predicted octanol–water partition coefficient (Wildman–Crippen LogP) is 2.88. The van der Waals surface area contributed by atoms with Crippen molar-refractivity contribution in [3.63, 3.8) is 0 Å². The molecule has 32 heavy (non-hydrogen) atoms. The summed E-state index contributed by atoms with van der Waals surface area (Å²) in [4.78, 5) is 21.1. The molecule has 0 atom stereocenters. The summed E-state index contributed by atoms with van der Waals surface area (Å²) in [6, 6.07) is 0. The van der Waals surface area contributed by atoms with Gasteiger partial charge < -0.3 is 19.9 Å². The Kier molecular flexibility index (Phi) is 12.9. The monoisotopic (exact) mass is 442 g/mol. The molecule has 1 aromatic rings. The Morgan fingerprint density at radius 1 is 1.28 bits per heavy atom. The third kappa shape index (κ3) is 10.1. The molecule has 0 saturated heterocycles. The van der Waals surface area contributed by atoms with Gasteiger partial charge in [-0.2, -0.15) is 10.2 Å². The van der Waals surface area contributed by atoms with E-state index in [-0.39, 0.29) is 5.78 Å². The van der Waals surface area contributed by atoms with Crippen molar-refractivity contribution in [3.05, 3.63) is 48.6 Å². The number of nitrogens with zero attached hydrogens (tertiary/aromatic N) is 5. The van der Waals surface area contributed by atoms with Gasteiger partial charge in [-0.15, -0.1) is 0 Å². The average molecular weight is 443 g/mol.